The number of hydrogen-bond acceptors (Lipinski definition) is 7. The predicted octanol–water partition coefficient (Wildman–Crippen LogP) is 5.29. The average molecular weight is 595 g/mol. The lowest BCUT2D eigenvalue weighted by atomic mass is 10.0. The third-order valence-electron chi connectivity index (χ3n) is 6.98. The summed E-state index contributed by atoms with van der Waals surface area (Å²) in [5.74, 6) is 1.30. The number of thiophene rings is 1. The fourth-order valence-corrected chi connectivity index (χ4v) is 7.26. The number of aromatic nitrogens is 2. The van der Waals surface area contributed by atoms with E-state index in [0.29, 0.717) is 42.9 Å². The Balaban J connectivity index is 1.57. The second-order valence-electron chi connectivity index (χ2n) is 9.38. The van der Waals surface area contributed by atoms with E-state index < -0.39 is 0 Å². The second kappa shape index (κ2) is 11.7. The van der Waals surface area contributed by atoms with Crippen molar-refractivity contribution in [3.8, 4) is 22.7 Å². The highest BCUT2D eigenvalue weighted by Crippen LogP contribution is 2.49. The fraction of sp³-hybridized carbons (Fsp3) is 0.276. The van der Waals surface area contributed by atoms with Gasteiger partial charge >= 0.3 is 0 Å². The summed E-state index contributed by atoms with van der Waals surface area (Å²) >= 11 is 9.44. The Labute approximate surface area is 245 Å². The molecule has 6 rings (SSSR count). The quantitative estimate of drug-likeness (QED) is 0.302. The van der Waals surface area contributed by atoms with E-state index in [1.54, 1.807) is 44.7 Å². The summed E-state index contributed by atoms with van der Waals surface area (Å²) in [7, 11) is 1.62. The average Bonchev–Trinajstić information content (AvgIpc) is 3.63. The van der Waals surface area contributed by atoms with Crippen LogP contribution in [-0.4, -0.2) is 72.2 Å². The lowest BCUT2D eigenvalue weighted by Gasteiger charge is -2.30. The molecule has 4 aromatic rings. The molecule has 1 unspecified atom stereocenters. The molecule has 2 aliphatic heterocycles. The van der Waals surface area contributed by atoms with Crippen LogP contribution < -0.4 is 9.64 Å². The smallest absolute Gasteiger partial charge is 0.242 e. The van der Waals surface area contributed by atoms with Gasteiger partial charge in [-0.3, -0.25) is 14.5 Å². The first-order valence-electron chi connectivity index (χ1n) is 12.9. The molecule has 0 radical (unpaired) electrons. The van der Waals surface area contributed by atoms with Crippen LogP contribution >= 0.6 is 34.7 Å². The molecule has 8 nitrogen and oxygen atoms in total. The Bertz CT molecular complexity index is 1500. The molecule has 0 aliphatic carbocycles. The van der Waals surface area contributed by atoms with Crippen LogP contribution in [-0.2, 0) is 14.3 Å². The number of carbonyl (C=O) groups excluding carboxylic acids is 2. The fourth-order valence-electron chi connectivity index (χ4n) is 4.96. The van der Waals surface area contributed by atoms with Gasteiger partial charge in [-0.05, 0) is 47.8 Å². The van der Waals surface area contributed by atoms with Crippen LogP contribution in [0.5, 0.6) is 5.75 Å². The zero-order chi connectivity index (χ0) is 27.6. The van der Waals surface area contributed by atoms with Crippen LogP contribution in [0.25, 0.3) is 16.9 Å². The standard InChI is InChI=1S/C29H27ClN4O4S2/c1-37-22-10-8-21(9-11-22)34-29-26(27(31-34)19-4-6-20(30)7-5-19)28(23-3-2-16-39-23)40-18-25(36)33(29)17-24(35)32-12-14-38-15-13-32/h2-11,16,28H,12-15,17-18H2,1H3. The summed E-state index contributed by atoms with van der Waals surface area (Å²) in [6, 6.07) is 19.2. The van der Waals surface area contributed by atoms with Crippen molar-refractivity contribution in [1.29, 1.82) is 0 Å². The lowest BCUT2D eigenvalue weighted by Crippen LogP contribution is -2.48. The van der Waals surface area contributed by atoms with Gasteiger partial charge in [-0.1, -0.05) is 29.8 Å². The molecule has 1 atom stereocenters. The van der Waals surface area contributed by atoms with Crippen LogP contribution in [0.15, 0.2) is 66.0 Å². The number of halogens is 1. The highest BCUT2D eigenvalue weighted by atomic mass is 35.5. The van der Waals surface area contributed by atoms with Gasteiger partial charge in [0.15, 0.2) is 0 Å². The molecule has 2 aliphatic rings. The van der Waals surface area contributed by atoms with Gasteiger partial charge in [0.1, 0.15) is 18.1 Å². The monoisotopic (exact) mass is 594 g/mol. The molecule has 0 N–H and O–H groups in total. The number of fused-ring (bicyclic) bond motifs is 1. The van der Waals surface area contributed by atoms with E-state index in [9.17, 15) is 9.59 Å². The Morgan fingerprint density at radius 3 is 2.52 bits per heavy atom. The summed E-state index contributed by atoms with van der Waals surface area (Å²) in [5, 5.41) is 7.62. The van der Waals surface area contributed by atoms with Crippen LogP contribution in [0.3, 0.4) is 0 Å². The number of methoxy groups -OCH3 is 1. The first kappa shape index (κ1) is 26.9. The van der Waals surface area contributed by atoms with Gasteiger partial charge in [0, 0.05) is 34.1 Å². The molecular formula is C29H27ClN4O4S2. The maximum absolute atomic E-state index is 13.8. The van der Waals surface area contributed by atoms with Crippen LogP contribution in [0.1, 0.15) is 15.7 Å². The number of hydrogen-bond donors (Lipinski definition) is 0. The first-order valence-corrected chi connectivity index (χ1v) is 15.2. The zero-order valence-electron chi connectivity index (χ0n) is 21.8. The number of rotatable bonds is 6. The molecule has 0 saturated carbocycles. The summed E-state index contributed by atoms with van der Waals surface area (Å²) in [6.45, 7) is 1.92. The molecule has 206 valence electrons. The van der Waals surface area contributed by atoms with E-state index in [1.165, 1.54) is 0 Å². The van der Waals surface area contributed by atoms with E-state index in [4.69, 9.17) is 26.2 Å². The van der Waals surface area contributed by atoms with Gasteiger partial charge in [0.05, 0.1) is 42.7 Å². The van der Waals surface area contributed by atoms with Gasteiger partial charge in [0.2, 0.25) is 11.8 Å². The molecule has 2 aromatic heterocycles. The number of carbonyl (C=O) groups is 2. The molecule has 0 spiro atoms. The number of amides is 2. The van der Waals surface area contributed by atoms with E-state index >= 15 is 0 Å². The highest BCUT2D eigenvalue weighted by molar-refractivity contribution is 8.00. The van der Waals surface area contributed by atoms with Gasteiger partial charge in [-0.2, -0.15) is 5.10 Å². The van der Waals surface area contributed by atoms with Crippen LogP contribution in [0.2, 0.25) is 5.02 Å². The summed E-state index contributed by atoms with van der Waals surface area (Å²) in [6.07, 6.45) is 0. The van der Waals surface area contributed by atoms with Crippen molar-refractivity contribution in [3.63, 3.8) is 0 Å². The van der Waals surface area contributed by atoms with Crippen molar-refractivity contribution in [2.24, 2.45) is 0 Å². The molecule has 11 heteroatoms. The molecule has 4 heterocycles. The number of thioether (sulfide) groups is 1. The maximum atomic E-state index is 13.8. The van der Waals surface area contributed by atoms with Gasteiger partial charge in [-0.25, -0.2) is 4.68 Å². The van der Waals surface area contributed by atoms with Crippen molar-refractivity contribution in [1.82, 2.24) is 14.7 Å². The molecule has 2 aromatic carbocycles. The van der Waals surface area contributed by atoms with E-state index in [2.05, 4.69) is 6.07 Å². The van der Waals surface area contributed by atoms with Crippen molar-refractivity contribution in [2.75, 3.05) is 50.6 Å². The zero-order valence-corrected chi connectivity index (χ0v) is 24.2. The predicted molar refractivity (Wildman–Crippen MR) is 159 cm³/mol. The Morgan fingerprint density at radius 2 is 1.85 bits per heavy atom. The summed E-state index contributed by atoms with van der Waals surface area (Å²) in [5.41, 5.74) is 3.27. The third kappa shape index (κ3) is 5.24. The third-order valence-corrected chi connectivity index (χ3v) is 9.56. The normalized spacial score (nSPS) is 17.4. The highest BCUT2D eigenvalue weighted by Gasteiger charge is 2.38. The minimum absolute atomic E-state index is 0.0779. The molecule has 1 fully saturated rings. The van der Waals surface area contributed by atoms with E-state index in [-0.39, 0.29) is 29.4 Å². The van der Waals surface area contributed by atoms with Gasteiger partial charge in [-0.15, -0.1) is 23.1 Å². The van der Waals surface area contributed by atoms with Gasteiger partial charge < -0.3 is 14.4 Å². The van der Waals surface area contributed by atoms with Gasteiger partial charge in [0.25, 0.3) is 0 Å². The largest absolute Gasteiger partial charge is 0.497 e. The lowest BCUT2D eigenvalue weighted by molar-refractivity contribution is -0.134. The molecule has 2 amide bonds. The molecule has 1 saturated heterocycles. The number of ether oxygens (including phenoxy) is 2. The Kier molecular flexibility index (Phi) is 7.84. The van der Waals surface area contributed by atoms with Crippen LogP contribution in [0.4, 0.5) is 5.82 Å². The maximum Gasteiger partial charge on any atom is 0.242 e. The molecule has 0 bridgehead atoms. The second-order valence-corrected chi connectivity index (χ2v) is 11.9. The van der Waals surface area contributed by atoms with Crippen LogP contribution in [0, 0.1) is 0 Å². The van der Waals surface area contributed by atoms with Crippen molar-refractivity contribution in [2.45, 2.75) is 5.25 Å². The number of nitrogens with zero attached hydrogens (tertiary/aromatic N) is 4. The number of anilines is 1. The molecular weight excluding hydrogens is 568 g/mol. The van der Waals surface area contributed by atoms with E-state index in [0.717, 1.165) is 27.4 Å². The topological polar surface area (TPSA) is 76.9 Å². The van der Waals surface area contributed by atoms with E-state index in [1.807, 2.05) is 60.0 Å². The number of morpholine rings is 1. The van der Waals surface area contributed by atoms with Crippen molar-refractivity contribution >= 4 is 52.3 Å². The van der Waals surface area contributed by atoms with Crippen molar-refractivity contribution in [3.05, 3.63) is 81.5 Å². The molecule has 40 heavy (non-hydrogen) atoms. The SMILES string of the molecule is COc1ccc(-n2nc(-c3ccc(Cl)cc3)c3c2N(CC(=O)N2CCOCC2)C(=O)CSC3c2cccs2)cc1. The Hall–Kier alpha value is -3.31. The first-order chi connectivity index (χ1) is 19.5. The van der Waals surface area contributed by atoms with Crippen molar-refractivity contribution < 1.29 is 19.1 Å². The summed E-state index contributed by atoms with van der Waals surface area (Å²) in [4.78, 5) is 31.8. The minimum Gasteiger partial charge on any atom is -0.497 e. The Morgan fingerprint density at radius 1 is 1.10 bits per heavy atom. The minimum atomic E-state index is -0.153. The number of benzene rings is 2. The summed E-state index contributed by atoms with van der Waals surface area (Å²) < 4.78 is 12.6.